The van der Waals surface area contributed by atoms with E-state index in [0.29, 0.717) is 11.5 Å². The Kier molecular flexibility index (Phi) is 2.94. The van der Waals surface area contributed by atoms with Gasteiger partial charge in [-0.05, 0) is 32.1 Å². The number of fused-ring (bicyclic) bond motifs is 1. The SMILES string of the molecule is COC(=O)c1ccc2nnc(C3CCN(C)C3)n2c1. The molecule has 0 N–H and O–H groups in total. The summed E-state index contributed by atoms with van der Waals surface area (Å²) in [6, 6.07) is 3.50. The molecular weight excluding hydrogens is 244 g/mol. The second kappa shape index (κ2) is 4.62. The zero-order valence-corrected chi connectivity index (χ0v) is 11.0. The number of methoxy groups -OCH3 is 1. The van der Waals surface area contributed by atoms with Crippen molar-refractivity contribution in [3.05, 3.63) is 29.7 Å². The van der Waals surface area contributed by atoms with Crippen molar-refractivity contribution in [2.24, 2.45) is 0 Å². The predicted octanol–water partition coefficient (Wildman–Crippen LogP) is 0.935. The van der Waals surface area contributed by atoms with Crippen LogP contribution < -0.4 is 0 Å². The summed E-state index contributed by atoms with van der Waals surface area (Å²) in [7, 11) is 3.48. The van der Waals surface area contributed by atoms with Crippen molar-refractivity contribution in [1.29, 1.82) is 0 Å². The van der Waals surface area contributed by atoms with Crippen molar-refractivity contribution in [2.75, 3.05) is 27.2 Å². The van der Waals surface area contributed by atoms with E-state index in [1.807, 2.05) is 4.40 Å². The van der Waals surface area contributed by atoms with Gasteiger partial charge in [0.25, 0.3) is 0 Å². The van der Waals surface area contributed by atoms with E-state index in [1.165, 1.54) is 7.11 Å². The molecule has 19 heavy (non-hydrogen) atoms. The summed E-state index contributed by atoms with van der Waals surface area (Å²) >= 11 is 0. The van der Waals surface area contributed by atoms with E-state index in [0.717, 1.165) is 31.0 Å². The number of hydrogen-bond donors (Lipinski definition) is 0. The van der Waals surface area contributed by atoms with Crippen LogP contribution in [0.25, 0.3) is 5.65 Å². The number of hydrogen-bond acceptors (Lipinski definition) is 5. The number of esters is 1. The van der Waals surface area contributed by atoms with Gasteiger partial charge in [-0.15, -0.1) is 10.2 Å². The lowest BCUT2D eigenvalue weighted by Crippen LogP contribution is -2.14. The molecule has 1 aliphatic rings. The minimum Gasteiger partial charge on any atom is -0.465 e. The van der Waals surface area contributed by atoms with E-state index in [1.54, 1.807) is 18.3 Å². The Bertz CT molecular complexity index is 622. The van der Waals surface area contributed by atoms with E-state index >= 15 is 0 Å². The van der Waals surface area contributed by atoms with Crippen molar-refractivity contribution < 1.29 is 9.53 Å². The van der Waals surface area contributed by atoms with E-state index in [4.69, 9.17) is 4.74 Å². The van der Waals surface area contributed by atoms with Crippen LogP contribution in [0.15, 0.2) is 18.3 Å². The van der Waals surface area contributed by atoms with Crippen LogP contribution in [0.2, 0.25) is 0 Å². The molecule has 0 radical (unpaired) electrons. The van der Waals surface area contributed by atoms with Gasteiger partial charge in [-0.1, -0.05) is 0 Å². The molecule has 1 atom stereocenters. The van der Waals surface area contributed by atoms with Crippen LogP contribution >= 0.6 is 0 Å². The maximum atomic E-state index is 11.6. The number of carbonyl (C=O) groups excluding carboxylic acids is 1. The molecule has 0 saturated carbocycles. The summed E-state index contributed by atoms with van der Waals surface area (Å²) in [4.78, 5) is 13.9. The Labute approximate surface area is 111 Å². The van der Waals surface area contributed by atoms with Gasteiger partial charge in [-0.25, -0.2) is 4.79 Å². The minimum absolute atomic E-state index is 0.343. The highest BCUT2D eigenvalue weighted by atomic mass is 16.5. The number of likely N-dealkylation sites (N-methyl/N-ethyl adjacent to an activating group) is 1. The highest BCUT2D eigenvalue weighted by Gasteiger charge is 2.25. The first-order valence-corrected chi connectivity index (χ1v) is 6.30. The van der Waals surface area contributed by atoms with Crippen LogP contribution in [0, 0.1) is 0 Å². The molecule has 6 heteroatoms. The van der Waals surface area contributed by atoms with Crippen molar-refractivity contribution in [1.82, 2.24) is 19.5 Å². The van der Waals surface area contributed by atoms with Gasteiger partial charge in [-0.3, -0.25) is 4.40 Å². The number of likely N-dealkylation sites (tertiary alicyclic amines) is 1. The molecule has 2 aromatic heterocycles. The van der Waals surface area contributed by atoms with Gasteiger partial charge in [0.2, 0.25) is 0 Å². The highest BCUT2D eigenvalue weighted by Crippen LogP contribution is 2.25. The van der Waals surface area contributed by atoms with Crippen LogP contribution in [0.3, 0.4) is 0 Å². The second-order valence-electron chi connectivity index (χ2n) is 4.94. The first-order chi connectivity index (χ1) is 9.19. The molecule has 1 aliphatic heterocycles. The van der Waals surface area contributed by atoms with Gasteiger partial charge in [0, 0.05) is 18.7 Å². The molecule has 3 rings (SSSR count). The van der Waals surface area contributed by atoms with Crippen molar-refractivity contribution in [3.8, 4) is 0 Å². The highest BCUT2D eigenvalue weighted by molar-refractivity contribution is 5.89. The van der Waals surface area contributed by atoms with Crippen molar-refractivity contribution in [3.63, 3.8) is 0 Å². The average molecular weight is 260 g/mol. The van der Waals surface area contributed by atoms with Crippen LogP contribution in [-0.4, -0.2) is 52.7 Å². The molecule has 0 bridgehead atoms. The molecule has 0 aromatic carbocycles. The lowest BCUT2D eigenvalue weighted by Gasteiger charge is -2.09. The van der Waals surface area contributed by atoms with Gasteiger partial charge in [-0.2, -0.15) is 0 Å². The number of nitrogens with zero attached hydrogens (tertiary/aromatic N) is 4. The molecule has 2 aromatic rings. The summed E-state index contributed by atoms with van der Waals surface area (Å²) in [5.74, 6) is 0.947. The fourth-order valence-electron chi connectivity index (χ4n) is 2.57. The van der Waals surface area contributed by atoms with Crippen LogP contribution in [0.4, 0.5) is 0 Å². The standard InChI is InChI=1S/C13H16N4O2/c1-16-6-5-9(7-16)12-15-14-11-4-3-10(8-17(11)12)13(18)19-2/h3-4,8-9H,5-7H2,1-2H3. The molecule has 1 unspecified atom stereocenters. The first kappa shape index (κ1) is 12.1. The van der Waals surface area contributed by atoms with Crippen LogP contribution in [0.1, 0.15) is 28.5 Å². The third kappa shape index (κ3) is 2.08. The van der Waals surface area contributed by atoms with Crippen LogP contribution in [0.5, 0.6) is 0 Å². The quantitative estimate of drug-likeness (QED) is 0.752. The topological polar surface area (TPSA) is 59.7 Å². The maximum absolute atomic E-state index is 11.6. The Balaban J connectivity index is 2.03. The number of carbonyl (C=O) groups is 1. The number of pyridine rings is 1. The van der Waals surface area contributed by atoms with Gasteiger partial charge in [0.15, 0.2) is 5.65 Å². The number of aromatic nitrogens is 3. The summed E-state index contributed by atoms with van der Waals surface area (Å²) in [6.07, 6.45) is 2.83. The van der Waals surface area contributed by atoms with E-state index in [9.17, 15) is 4.79 Å². The smallest absolute Gasteiger partial charge is 0.339 e. The lowest BCUT2D eigenvalue weighted by atomic mass is 10.1. The number of rotatable bonds is 2. The minimum atomic E-state index is -0.343. The fourth-order valence-corrected chi connectivity index (χ4v) is 2.57. The number of ether oxygens (including phenoxy) is 1. The van der Waals surface area contributed by atoms with E-state index in [-0.39, 0.29) is 5.97 Å². The molecule has 1 fully saturated rings. The molecule has 6 nitrogen and oxygen atoms in total. The predicted molar refractivity (Wildman–Crippen MR) is 69.2 cm³/mol. The van der Waals surface area contributed by atoms with E-state index < -0.39 is 0 Å². The molecule has 0 amide bonds. The Morgan fingerprint density at radius 3 is 2.95 bits per heavy atom. The third-order valence-corrected chi connectivity index (χ3v) is 3.61. The first-order valence-electron chi connectivity index (χ1n) is 6.30. The van der Waals surface area contributed by atoms with E-state index in [2.05, 4.69) is 22.1 Å². The third-order valence-electron chi connectivity index (χ3n) is 3.61. The monoisotopic (exact) mass is 260 g/mol. The fraction of sp³-hybridized carbons (Fsp3) is 0.462. The molecule has 100 valence electrons. The lowest BCUT2D eigenvalue weighted by molar-refractivity contribution is 0.0600. The average Bonchev–Trinajstić information content (AvgIpc) is 3.02. The maximum Gasteiger partial charge on any atom is 0.339 e. The molecule has 3 heterocycles. The zero-order chi connectivity index (χ0) is 13.4. The summed E-state index contributed by atoms with van der Waals surface area (Å²) in [6.45, 7) is 2.04. The van der Waals surface area contributed by atoms with Gasteiger partial charge < -0.3 is 9.64 Å². The van der Waals surface area contributed by atoms with Crippen molar-refractivity contribution >= 4 is 11.6 Å². The van der Waals surface area contributed by atoms with Gasteiger partial charge in [0.1, 0.15) is 5.82 Å². The molecule has 0 aliphatic carbocycles. The second-order valence-corrected chi connectivity index (χ2v) is 4.94. The summed E-state index contributed by atoms with van der Waals surface area (Å²) in [5.41, 5.74) is 1.28. The molecule has 0 spiro atoms. The van der Waals surface area contributed by atoms with Crippen LogP contribution in [-0.2, 0) is 4.74 Å². The Morgan fingerprint density at radius 1 is 1.42 bits per heavy atom. The summed E-state index contributed by atoms with van der Waals surface area (Å²) < 4.78 is 6.64. The normalized spacial score (nSPS) is 20.0. The zero-order valence-electron chi connectivity index (χ0n) is 11.0. The Hall–Kier alpha value is -1.95. The van der Waals surface area contributed by atoms with Gasteiger partial charge >= 0.3 is 5.97 Å². The Morgan fingerprint density at radius 2 is 2.26 bits per heavy atom. The summed E-state index contributed by atoms with van der Waals surface area (Å²) in [5, 5.41) is 8.43. The molecular formula is C13H16N4O2. The van der Waals surface area contributed by atoms with Crippen molar-refractivity contribution in [2.45, 2.75) is 12.3 Å². The molecule has 1 saturated heterocycles. The van der Waals surface area contributed by atoms with Gasteiger partial charge in [0.05, 0.1) is 12.7 Å². The largest absolute Gasteiger partial charge is 0.465 e.